The Balaban J connectivity index is 1.72. The summed E-state index contributed by atoms with van der Waals surface area (Å²) in [6, 6.07) is 9.79. The number of carbonyl (C=O) groups is 1. The monoisotopic (exact) mass is 368 g/mol. The molecule has 4 nitrogen and oxygen atoms in total. The Morgan fingerprint density at radius 3 is 2.65 bits per heavy atom. The second kappa shape index (κ2) is 7.07. The average Bonchev–Trinajstić information content (AvgIpc) is 3.07. The number of hydrogen-bond acceptors (Lipinski definition) is 4. The van der Waals surface area contributed by atoms with E-state index in [0.717, 1.165) is 12.1 Å². The summed E-state index contributed by atoms with van der Waals surface area (Å²) in [7, 11) is 0. The first kappa shape index (κ1) is 17.8. The maximum atomic E-state index is 12.9. The average molecular weight is 368 g/mol. The molecular weight excluding hydrogens is 356 g/mol. The van der Waals surface area contributed by atoms with E-state index in [9.17, 15) is 22.4 Å². The third-order valence-corrected chi connectivity index (χ3v) is 3.45. The van der Waals surface area contributed by atoms with E-state index >= 15 is 0 Å². The number of ketones is 1. The maximum absolute atomic E-state index is 12.9. The number of benzene rings is 2. The largest absolute Gasteiger partial charge is 0.461 e. The SMILES string of the molecule is O=C(/C=C/c1cccc(OC(F)(F)C(F)F)c1)c1ccc2c(c1)OCO2. The molecule has 1 aliphatic heterocycles. The van der Waals surface area contributed by atoms with Crippen molar-refractivity contribution in [1.29, 1.82) is 0 Å². The second-order valence-electron chi connectivity index (χ2n) is 5.30. The van der Waals surface area contributed by atoms with Crippen LogP contribution in [0.4, 0.5) is 17.6 Å². The summed E-state index contributed by atoms with van der Waals surface area (Å²) in [4.78, 5) is 12.2. The van der Waals surface area contributed by atoms with Crippen LogP contribution in [0.25, 0.3) is 6.08 Å². The van der Waals surface area contributed by atoms with Gasteiger partial charge >= 0.3 is 12.5 Å². The van der Waals surface area contributed by atoms with Crippen LogP contribution in [0.2, 0.25) is 0 Å². The Labute approximate surface area is 145 Å². The van der Waals surface area contributed by atoms with Crippen LogP contribution in [0.15, 0.2) is 48.5 Å². The van der Waals surface area contributed by atoms with Crippen LogP contribution < -0.4 is 14.2 Å². The van der Waals surface area contributed by atoms with E-state index in [1.807, 2.05) is 0 Å². The molecule has 2 aromatic rings. The number of halogens is 4. The Kier molecular flexibility index (Phi) is 4.83. The highest BCUT2D eigenvalue weighted by molar-refractivity contribution is 6.07. The number of ether oxygens (including phenoxy) is 3. The summed E-state index contributed by atoms with van der Waals surface area (Å²) in [5.41, 5.74) is 0.684. The highest BCUT2D eigenvalue weighted by Crippen LogP contribution is 2.33. The van der Waals surface area contributed by atoms with Gasteiger partial charge in [0.05, 0.1) is 0 Å². The fourth-order valence-corrected chi connectivity index (χ4v) is 2.20. The minimum atomic E-state index is -4.59. The van der Waals surface area contributed by atoms with Crippen LogP contribution in [0.3, 0.4) is 0 Å². The molecule has 0 unspecified atom stereocenters. The number of allylic oxidation sites excluding steroid dienone is 1. The molecule has 1 heterocycles. The molecule has 136 valence electrons. The van der Waals surface area contributed by atoms with Crippen molar-refractivity contribution in [1.82, 2.24) is 0 Å². The normalized spacial score (nSPS) is 13.4. The summed E-state index contributed by atoms with van der Waals surface area (Å²) in [6.07, 6.45) is -5.96. The lowest BCUT2D eigenvalue weighted by molar-refractivity contribution is -0.253. The molecule has 8 heteroatoms. The molecule has 0 saturated heterocycles. The molecule has 0 spiro atoms. The van der Waals surface area contributed by atoms with E-state index in [1.54, 1.807) is 12.1 Å². The van der Waals surface area contributed by atoms with E-state index in [4.69, 9.17) is 9.47 Å². The van der Waals surface area contributed by atoms with Gasteiger partial charge in [-0.25, -0.2) is 0 Å². The Morgan fingerprint density at radius 2 is 1.88 bits per heavy atom. The van der Waals surface area contributed by atoms with Gasteiger partial charge in [0.15, 0.2) is 17.3 Å². The zero-order chi connectivity index (χ0) is 18.7. The third kappa shape index (κ3) is 3.96. The maximum Gasteiger partial charge on any atom is 0.461 e. The molecule has 0 bridgehead atoms. The standard InChI is InChI=1S/C18H12F4O4/c19-17(20)18(21,22)26-13-3-1-2-11(8-13)4-6-14(23)12-5-7-15-16(9-12)25-10-24-15/h1-9,17H,10H2/b6-4+. The molecule has 0 atom stereocenters. The van der Waals surface area contributed by atoms with Crippen molar-refractivity contribution in [3.05, 3.63) is 59.7 Å². The van der Waals surface area contributed by atoms with E-state index < -0.39 is 18.3 Å². The van der Waals surface area contributed by atoms with Crippen LogP contribution in [0.5, 0.6) is 17.2 Å². The summed E-state index contributed by atoms with van der Waals surface area (Å²) in [5, 5.41) is 0. The van der Waals surface area contributed by atoms with Gasteiger partial charge in [-0.2, -0.15) is 17.6 Å². The van der Waals surface area contributed by atoms with Crippen LogP contribution in [-0.2, 0) is 0 Å². The lowest BCUT2D eigenvalue weighted by atomic mass is 10.1. The van der Waals surface area contributed by atoms with Crippen LogP contribution in [0.1, 0.15) is 15.9 Å². The molecule has 2 aromatic carbocycles. The molecular formula is C18H12F4O4. The number of alkyl halides is 4. The molecule has 0 N–H and O–H groups in total. The first-order valence-corrected chi connectivity index (χ1v) is 7.42. The fraction of sp³-hybridized carbons (Fsp3) is 0.167. The van der Waals surface area contributed by atoms with E-state index in [2.05, 4.69) is 4.74 Å². The predicted molar refractivity (Wildman–Crippen MR) is 84.0 cm³/mol. The van der Waals surface area contributed by atoms with Crippen molar-refractivity contribution >= 4 is 11.9 Å². The Morgan fingerprint density at radius 1 is 1.12 bits per heavy atom. The van der Waals surface area contributed by atoms with E-state index in [1.165, 1.54) is 30.4 Å². The van der Waals surface area contributed by atoms with Gasteiger partial charge in [0.25, 0.3) is 0 Å². The molecule has 3 rings (SSSR count). The number of carbonyl (C=O) groups excluding carboxylic acids is 1. The summed E-state index contributed by atoms with van der Waals surface area (Å²) >= 11 is 0. The topological polar surface area (TPSA) is 44.8 Å². The second-order valence-corrected chi connectivity index (χ2v) is 5.30. The molecule has 0 amide bonds. The first-order chi connectivity index (χ1) is 12.3. The van der Waals surface area contributed by atoms with E-state index in [-0.39, 0.29) is 12.6 Å². The van der Waals surface area contributed by atoms with Crippen molar-refractivity contribution in [3.63, 3.8) is 0 Å². The molecule has 0 saturated carbocycles. The zero-order valence-electron chi connectivity index (χ0n) is 13.1. The van der Waals surface area contributed by atoms with Crippen molar-refractivity contribution in [2.75, 3.05) is 6.79 Å². The minimum absolute atomic E-state index is 0.0822. The van der Waals surface area contributed by atoms with Gasteiger partial charge in [-0.1, -0.05) is 18.2 Å². The molecule has 0 aromatic heterocycles. The number of fused-ring (bicyclic) bond motifs is 1. The summed E-state index contributed by atoms with van der Waals surface area (Å²) in [6.45, 7) is 0.0822. The number of hydrogen-bond donors (Lipinski definition) is 0. The lowest BCUT2D eigenvalue weighted by Crippen LogP contribution is -2.33. The van der Waals surface area contributed by atoms with Gasteiger partial charge in [-0.3, -0.25) is 4.79 Å². The van der Waals surface area contributed by atoms with Gasteiger partial charge in [0.1, 0.15) is 5.75 Å². The van der Waals surface area contributed by atoms with Crippen LogP contribution >= 0.6 is 0 Å². The zero-order valence-corrected chi connectivity index (χ0v) is 13.1. The fourth-order valence-electron chi connectivity index (χ4n) is 2.20. The predicted octanol–water partition coefficient (Wildman–Crippen LogP) is 4.55. The van der Waals surface area contributed by atoms with E-state index in [0.29, 0.717) is 22.6 Å². The highest BCUT2D eigenvalue weighted by Gasteiger charge is 2.43. The first-order valence-electron chi connectivity index (χ1n) is 7.42. The van der Waals surface area contributed by atoms with Crippen LogP contribution in [-0.4, -0.2) is 25.1 Å². The minimum Gasteiger partial charge on any atom is -0.454 e. The number of rotatable bonds is 6. The Bertz CT molecular complexity index is 849. The van der Waals surface area contributed by atoms with Crippen molar-refractivity contribution in [2.45, 2.75) is 12.5 Å². The molecule has 0 aliphatic carbocycles. The molecule has 26 heavy (non-hydrogen) atoms. The molecule has 1 aliphatic rings. The van der Waals surface area contributed by atoms with Gasteiger partial charge in [0.2, 0.25) is 6.79 Å². The van der Waals surface area contributed by atoms with Gasteiger partial charge in [0, 0.05) is 5.56 Å². The van der Waals surface area contributed by atoms with Crippen molar-refractivity contribution in [3.8, 4) is 17.2 Å². The van der Waals surface area contributed by atoms with Crippen molar-refractivity contribution in [2.24, 2.45) is 0 Å². The van der Waals surface area contributed by atoms with Gasteiger partial charge in [-0.05, 0) is 42.0 Å². The quantitative estimate of drug-likeness (QED) is 0.426. The third-order valence-electron chi connectivity index (χ3n) is 3.45. The summed E-state index contributed by atoms with van der Waals surface area (Å²) < 4.78 is 64.6. The highest BCUT2D eigenvalue weighted by atomic mass is 19.3. The molecule has 0 radical (unpaired) electrons. The van der Waals surface area contributed by atoms with Gasteiger partial charge in [-0.15, -0.1) is 0 Å². The van der Waals surface area contributed by atoms with Crippen LogP contribution in [0, 0.1) is 0 Å². The smallest absolute Gasteiger partial charge is 0.454 e. The van der Waals surface area contributed by atoms with Gasteiger partial charge < -0.3 is 14.2 Å². The molecule has 0 fully saturated rings. The van der Waals surface area contributed by atoms with Crippen molar-refractivity contribution < 1.29 is 36.6 Å². The Hall–Kier alpha value is -3.03. The lowest BCUT2D eigenvalue weighted by Gasteiger charge is -2.16. The summed E-state index contributed by atoms with van der Waals surface area (Å²) in [5.74, 6) is 0.199.